The minimum atomic E-state index is 0.136. The summed E-state index contributed by atoms with van der Waals surface area (Å²) in [4.78, 5) is 25.9. The molecule has 0 aliphatic carbocycles. The molecule has 1 N–H and O–H groups in total. The molecule has 0 saturated carbocycles. The van der Waals surface area contributed by atoms with Gasteiger partial charge in [-0.25, -0.2) is 14.8 Å². The van der Waals surface area contributed by atoms with E-state index in [2.05, 4.69) is 51.9 Å². The van der Waals surface area contributed by atoms with Crippen LogP contribution in [0.15, 0.2) is 12.4 Å². The number of piperidine rings is 2. The lowest BCUT2D eigenvalue weighted by Gasteiger charge is -2.40. The number of nitrogens with zero attached hydrogens (tertiary/aromatic N) is 4. The molecule has 1 atom stereocenters. The summed E-state index contributed by atoms with van der Waals surface area (Å²) in [5.74, 6) is 1.53. The van der Waals surface area contributed by atoms with Crippen LogP contribution in [0.2, 0.25) is 0 Å². The number of aromatic nitrogens is 2. The van der Waals surface area contributed by atoms with Gasteiger partial charge >= 0.3 is 6.03 Å². The van der Waals surface area contributed by atoms with Crippen molar-refractivity contribution < 1.29 is 4.79 Å². The first-order chi connectivity index (χ1) is 12.6. The van der Waals surface area contributed by atoms with Crippen LogP contribution in [-0.2, 0) is 6.42 Å². The van der Waals surface area contributed by atoms with Crippen LogP contribution in [0.4, 0.5) is 10.6 Å². The molecule has 1 unspecified atom stereocenters. The summed E-state index contributed by atoms with van der Waals surface area (Å²) < 4.78 is 0. The van der Waals surface area contributed by atoms with Gasteiger partial charge in [-0.15, -0.1) is 0 Å². The molecule has 26 heavy (non-hydrogen) atoms. The van der Waals surface area contributed by atoms with Gasteiger partial charge in [0.1, 0.15) is 12.1 Å². The molecular formula is C20H33N5O. The predicted octanol–water partition coefficient (Wildman–Crippen LogP) is 3.23. The van der Waals surface area contributed by atoms with Gasteiger partial charge in [-0.05, 0) is 44.4 Å². The Hall–Kier alpha value is -1.85. The Morgan fingerprint density at radius 3 is 2.65 bits per heavy atom. The minimum absolute atomic E-state index is 0.136. The van der Waals surface area contributed by atoms with Crippen LogP contribution in [0.5, 0.6) is 0 Å². The molecule has 0 radical (unpaired) electrons. The van der Waals surface area contributed by atoms with Crippen molar-refractivity contribution in [1.29, 1.82) is 0 Å². The number of likely N-dealkylation sites (tertiary alicyclic amines) is 1. The number of amides is 2. The Morgan fingerprint density at radius 1 is 1.19 bits per heavy atom. The third kappa shape index (κ3) is 4.46. The number of urea groups is 1. The molecule has 6 heteroatoms. The quantitative estimate of drug-likeness (QED) is 0.896. The Bertz CT molecular complexity index is 598. The first kappa shape index (κ1) is 18.9. The van der Waals surface area contributed by atoms with Crippen molar-refractivity contribution in [3.63, 3.8) is 0 Å². The predicted molar refractivity (Wildman–Crippen MR) is 104 cm³/mol. The molecule has 0 spiro atoms. The summed E-state index contributed by atoms with van der Waals surface area (Å²) in [6.45, 7) is 9.31. The van der Waals surface area contributed by atoms with E-state index in [0.29, 0.717) is 12.0 Å². The number of aryl methyl sites for hydroxylation is 1. The van der Waals surface area contributed by atoms with Crippen molar-refractivity contribution >= 4 is 11.8 Å². The second-order valence-electron chi connectivity index (χ2n) is 7.93. The van der Waals surface area contributed by atoms with Gasteiger partial charge in [-0.2, -0.15) is 0 Å². The molecule has 3 heterocycles. The van der Waals surface area contributed by atoms with E-state index >= 15 is 0 Å². The SMILES string of the molecule is CCc1cc(N2CCC(NC(=O)N3CCCCC3C(C)C)CC2)ncn1. The van der Waals surface area contributed by atoms with Crippen molar-refractivity contribution in [3.05, 3.63) is 18.1 Å². The van der Waals surface area contributed by atoms with Crippen LogP contribution in [0.1, 0.15) is 58.6 Å². The highest BCUT2D eigenvalue weighted by molar-refractivity contribution is 5.75. The number of carbonyl (C=O) groups is 1. The van der Waals surface area contributed by atoms with Crippen LogP contribution in [0, 0.1) is 5.92 Å². The molecule has 2 saturated heterocycles. The number of carbonyl (C=O) groups excluding carboxylic acids is 1. The third-order valence-corrected chi connectivity index (χ3v) is 5.80. The largest absolute Gasteiger partial charge is 0.356 e. The normalized spacial score (nSPS) is 21.9. The fourth-order valence-electron chi connectivity index (χ4n) is 4.17. The molecule has 2 aliphatic rings. The van der Waals surface area contributed by atoms with E-state index in [1.165, 1.54) is 6.42 Å². The Labute approximate surface area is 157 Å². The zero-order valence-corrected chi connectivity index (χ0v) is 16.4. The first-order valence-electron chi connectivity index (χ1n) is 10.2. The topological polar surface area (TPSA) is 61.4 Å². The molecule has 2 amide bonds. The van der Waals surface area contributed by atoms with Crippen LogP contribution in [-0.4, -0.2) is 52.6 Å². The van der Waals surface area contributed by atoms with Crippen molar-refractivity contribution in [2.45, 2.75) is 71.4 Å². The lowest BCUT2D eigenvalue weighted by molar-refractivity contribution is 0.124. The molecule has 2 aliphatic heterocycles. The van der Waals surface area contributed by atoms with Crippen molar-refractivity contribution in [2.24, 2.45) is 5.92 Å². The van der Waals surface area contributed by atoms with Gasteiger partial charge < -0.3 is 15.1 Å². The summed E-state index contributed by atoms with van der Waals surface area (Å²) in [6, 6.07) is 2.87. The van der Waals surface area contributed by atoms with Gasteiger partial charge in [-0.3, -0.25) is 0 Å². The molecule has 3 rings (SSSR count). The number of hydrogen-bond acceptors (Lipinski definition) is 4. The van der Waals surface area contributed by atoms with Gasteiger partial charge in [0.05, 0.1) is 0 Å². The molecule has 6 nitrogen and oxygen atoms in total. The number of rotatable bonds is 4. The summed E-state index contributed by atoms with van der Waals surface area (Å²) in [5.41, 5.74) is 1.08. The molecule has 144 valence electrons. The molecular weight excluding hydrogens is 326 g/mol. The highest BCUT2D eigenvalue weighted by Crippen LogP contribution is 2.24. The lowest BCUT2D eigenvalue weighted by Crippen LogP contribution is -2.54. The smallest absolute Gasteiger partial charge is 0.317 e. The number of hydrogen-bond donors (Lipinski definition) is 1. The third-order valence-electron chi connectivity index (χ3n) is 5.80. The van der Waals surface area contributed by atoms with Gasteiger partial charge in [0, 0.05) is 43.5 Å². The van der Waals surface area contributed by atoms with E-state index < -0.39 is 0 Å². The van der Waals surface area contributed by atoms with E-state index in [0.717, 1.165) is 63.3 Å². The van der Waals surface area contributed by atoms with E-state index in [-0.39, 0.29) is 12.1 Å². The lowest BCUT2D eigenvalue weighted by atomic mass is 9.93. The fourth-order valence-corrected chi connectivity index (χ4v) is 4.17. The average Bonchev–Trinajstić information content (AvgIpc) is 2.68. The summed E-state index contributed by atoms with van der Waals surface area (Å²) in [7, 11) is 0. The second kappa shape index (κ2) is 8.69. The minimum Gasteiger partial charge on any atom is -0.356 e. The maximum Gasteiger partial charge on any atom is 0.317 e. The summed E-state index contributed by atoms with van der Waals surface area (Å²) >= 11 is 0. The highest BCUT2D eigenvalue weighted by Gasteiger charge is 2.30. The molecule has 0 aromatic carbocycles. The van der Waals surface area contributed by atoms with E-state index in [1.807, 2.05) is 0 Å². The van der Waals surface area contributed by atoms with E-state index in [1.54, 1.807) is 6.33 Å². The summed E-state index contributed by atoms with van der Waals surface area (Å²) in [6.07, 6.45) is 8.03. The van der Waals surface area contributed by atoms with Gasteiger partial charge in [0.15, 0.2) is 0 Å². The summed E-state index contributed by atoms with van der Waals surface area (Å²) in [5, 5.41) is 3.30. The van der Waals surface area contributed by atoms with E-state index in [4.69, 9.17) is 0 Å². The van der Waals surface area contributed by atoms with Crippen LogP contribution in [0.3, 0.4) is 0 Å². The Kier molecular flexibility index (Phi) is 6.33. The van der Waals surface area contributed by atoms with Crippen molar-refractivity contribution in [3.8, 4) is 0 Å². The van der Waals surface area contributed by atoms with Crippen LogP contribution in [0.25, 0.3) is 0 Å². The van der Waals surface area contributed by atoms with E-state index in [9.17, 15) is 4.79 Å². The number of anilines is 1. The van der Waals surface area contributed by atoms with Crippen molar-refractivity contribution in [1.82, 2.24) is 20.2 Å². The molecule has 2 fully saturated rings. The fraction of sp³-hybridized carbons (Fsp3) is 0.750. The van der Waals surface area contributed by atoms with Gasteiger partial charge in [0.25, 0.3) is 0 Å². The van der Waals surface area contributed by atoms with Crippen molar-refractivity contribution in [2.75, 3.05) is 24.5 Å². The zero-order valence-electron chi connectivity index (χ0n) is 16.4. The standard InChI is InChI=1S/C20H33N5O/c1-4-16-13-19(22-14-21-16)24-11-8-17(9-12-24)23-20(26)25-10-6-5-7-18(25)15(2)3/h13-15,17-18H,4-12H2,1-3H3,(H,23,26). The van der Waals surface area contributed by atoms with Crippen LogP contribution >= 0.6 is 0 Å². The second-order valence-corrected chi connectivity index (χ2v) is 7.93. The highest BCUT2D eigenvalue weighted by atomic mass is 16.2. The zero-order chi connectivity index (χ0) is 18.5. The molecule has 0 bridgehead atoms. The Balaban J connectivity index is 1.52. The molecule has 1 aromatic heterocycles. The number of nitrogens with one attached hydrogen (secondary N) is 1. The first-order valence-corrected chi connectivity index (χ1v) is 10.2. The van der Waals surface area contributed by atoms with Gasteiger partial charge in [0.2, 0.25) is 0 Å². The molecule has 1 aromatic rings. The van der Waals surface area contributed by atoms with Gasteiger partial charge in [-0.1, -0.05) is 20.8 Å². The maximum atomic E-state index is 12.8. The maximum absolute atomic E-state index is 12.8. The average molecular weight is 360 g/mol. The van der Waals surface area contributed by atoms with Crippen LogP contribution < -0.4 is 10.2 Å². The Morgan fingerprint density at radius 2 is 1.96 bits per heavy atom. The monoisotopic (exact) mass is 359 g/mol.